The molecule has 6 heteroatoms. The molecule has 0 spiro atoms. The number of carbonyl (C=O) groups is 1. The van der Waals surface area contributed by atoms with Gasteiger partial charge in [0.05, 0.1) is 0 Å². The van der Waals surface area contributed by atoms with Crippen molar-refractivity contribution in [2.45, 2.75) is 57.3 Å². The minimum Gasteiger partial charge on any atom is -0.480 e. The number of fused-ring (bicyclic) bond motifs is 1. The van der Waals surface area contributed by atoms with Crippen LogP contribution in [0.5, 0.6) is 5.75 Å². The maximum Gasteiger partial charge on any atom is 0.387 e. The average molecular weight is 325 g/mol. The summed E-state index contributed by atoms with van der Waals surface area (Å²) in [5.41, 5.74) is 0.806. The largest absolute Gasteiger partial charge is 0.480 e. The van der Waals surface area contributed by atoms with Gasteiger partial charge in [-0.1, -0.05) is 25.0 Å². The number of alkyl halides is 2. The number of carboxylic acids is 1. The van der Waals surface area contributed by atoms with Gasteiger partial charge in [-0.25, -0.2) is 0 Å². The van der Waals surface area contributed by atoms with Gasteiger partial charge in [0.25, 0.3) is 0 Å². The normalized spacial score (nSPS) is 27.9. The lowest BCUT2D eigenvalue weighted by molar-refractivity contribution is -0.142. The smallest absolute Gasteiger partial charge is 0.387 e. The lowest BCUT2D eigenvalue weighted by Gasteiger charge is -2.33. The Labute approximate surface area is 134 Å². The van der Waals surface area contributed by atoms with Gasteiger partial charge < -0.3 is 9.84 Å². The predicted octanol–water partition coefficient (Wildman–Crippen LogP) is 3.51. The summed E-state index contributed by atoms with van der Waals surface area (Å²) in [6.45, 7) is -2.40. The second-order valence-corrected chi connectivity index (χ2v) is 6.40. The standard InChI is InChI=1S/C17H21F2NO3/c18-17(19)23-13-6-3-4-11(8-13)10-20-14-7-2-1-5-12(14)9-15(20)16(21)22/h3-4,6,8,12,14-15,17H,1-2,5,7,9-10H2,(H,21,22). The fourth-order valence-corrected chi connectivity index (χ4v) is 4.05. The van der Waals surface area contributed by atoms with E-state index in [2.05, 4.69) is 4.74 Å². The van der Waals surface area contributed by atoms with Crippen LogP contribution in [0.25, 0.3) is 0 Å². The summed E-state index contributed by atoms with van der Waals surface area (Å²) in [7, 11) is 0. The molecule has 0 bridgehead atoms. The van der Waals surface area contributed by atoms with E-state index in [1.807, 2.05) is 11.0 Å². The van der Waals surface area contributed by atoms with Gasteiger partial charge in [-0.3, -0.25) is 9.69 Å². The van der Waals surface area contributed by atoms with Gasteiger partial charge in [0.15, 0.2) is 0 Å². The molecule has 3 unspecified atom stereocenters. The molecule has 4 nitrogen and oxygen atoms in total. The molecule has 1 saturated heterocycles. The van der Waals surface area contributed by atoms with Crippen molar-refractivity contribution in [3.05, 3.63) is 29.8 Å². The predicted molar refractivity (Wildman–Crippen MR) is 80.4 cm³/mol. The quantitative estimate of drug-likeness (QED) is 0.900. The Balaban J connectivity index is 1.77. The first kappa shape index (κ1) is 16.2. The number of aliphatic carboxylic acids is 1. The van der Waals surface area contributed by atoms with Crippen molar-refractivity contribution >= 4 is 5.97 Å². The zero-order chi connectivity index (χ0) is 16.4. The topological polar surface area (TPSA) is 49.8 Å². The number of nitrogens with zero attached hydrogens (tertiary/aromatic N) is 1. The van der Waals surface area contributed by atoms with Crippen LogP contribution in [-0.4, -0.2) is 34.7 Å². The highest BCUT2D eigenvalue weighted by Crippen LogP contribution is 2.40. The minimum atomic E-state index is -2.86. The van der Waals surface area contributed by atoms with E-state index < -0.39 is 18.6 Å². The third-order valence-electron chi connectivity index (χ3n) is 5.00. The van der Waals surface area contributed by atoms with Gasteiger partial charge in [-0.15, -0.1) is 0 Å². The molecule has 0 amide bonds. The molecule has 23 heavy (non-hydrogen) atoms. The van der Waals surface area contributed by atoms with Crippen molar-refractivity contribution < 1.29 is 23.4 Å². The first-order chi connectivity index (χ1) is 11.0. The van der Waals surface area contributed by atoms with Gasteiger partial charge in [0.2, 0.25) is 0 Å². The Morgan fingerprint density at radius 2 is 2.13 bits per heavy atom. The van der Waals surface area contributed by atoms with Crippen LogP contribution < -0.4 is 4.74 Å². The highest BCUT2D eigenvalue weighted by Gasteiger charge is 2.44. The highest BCUT2D eigenvalue weighted by atomic mass is 19.3. The molecule has 1 aliphatic heterocycles. The Bertz CT molecular complexity index is 567. The Hall–Kier alpha value is -1.69. The summed E-state index contributed by atoms with van der Waals surface area (Å²) in [5, 5.41) is 9.52. The molecule has 2 aliphatic rings. The Kier molecular flexibility index (Phi) is 4.80. The third kappa shape index (κ3) is 3.63. The molecule has 0 radical (unpaired) electrons. The molecule has 1 aromatic carbocycles. The molecular weight excluding hydrogens is 304 g/mol. The Morgan fingerprint density at radius 1 is 1.35 bits per heavy atom. The molecule has 126 valence electrons. The fourth-order valence-electron chi connectivity index (χ4n) is 4.05. The van der Waals surface area contributed by atoms with E-state index in [9.17, 15) is 18.7 Å². The van der Waals surface area contributed by atoms with Gasteiger partial charge in [0, 0.05) is 12.6 Å². The molecule has 3 rings (SSSR count). The van der Waals surface area contributed by atoms with Gasteiger partial charge in [0.1, 0.15) is 11.8 Å². The first-order valence-electron chi connectivity index (χ1n) is 8.07. The van der Waals surface area contributed by atoms with E-state index in [0.717, 1.165) is 24.8 Å². The molecular formula is C17H21F2NO3. The van der Waals surface area contributed by atoms with Gasteiger partial charge >= 0.3 is 12.6 Å². The van der Waals surface area contributed by atoms with Crippen LogP contribution in [0.4, 0.5) is 8.78 Å². The number of benzene rings is 1. The number of ether oxygens (including phenoxy) is 1. The lowest BCUT2D eigenvalue weighted by atomic mass is 9.84. The highest BCUT2D eigenvalue weighted by molar-refractivity contribution is 5.74. The van der Waals surface area contributed by atoms with E-state index in [1.54, 1.807) is 12.1 Å². The molecule has 1 aromatic rings. The SMILES string of the molecule is O=C(O)C1CC2CCCCC2N1Cc1cccc(OC(F)F)c1. The molecule has 1 N–H and O–H groups in total. The molecule has 1 heterocycles. The zero-order valence-electron chi connectivity index (χ0n) is 12.8. The van der Waals surface area contributed by atoms with E-state index in [-0.39, 0.29) is 11.8 Å². The van der Waals surface area contributed by atoms with Crippen molar-refractivity contribution in [2.24, 2.45) is 5.92 Å². The van der Waals surface area contributed by atoms with Crippen molar-refractivity contribution in [3.63, 3.8) is 0 Å². The zero-order valence-corrected chi connectivity index (χ0v) is 12.8. The summed E-state index contributed by atoms with van der Waals surface area (Å²) in [5.74, 6) is -0.242. The van der Waals surface area contributed by atoms with Crippen LogP contribution >= 0.6 is 0 Å². The number of carboxylic acid groups (broad SMARTS) is 1. The molecule has 0 aromatic heterocycles. The van der Waals surface area contributed by atoms with Gasteiger partial charge in [-0.2, -0.15) is 8.78 Å². The van der Waals surface area contributed by atoms with Crippen LogP contribution in [0.2, 0.25) is 0 Å². The van der Waals surface area contributed by atoms with Crippen molar-refractivity contribution in [1.82, 2.24) is 4.90 Å². The van der Waals surface area contributed by atoms with Crippen molar-refractivity contribution in [3.8, 4) is 5.75 Å². The molecule has 1 aliphatic carbocycles. The number of halogens is 2. The Morgan fingerprint density at radius 3 is 2.87 bits per heavy atom. The van der Waals surface area contributed by atoms with Crippen LogP contribution in [0, 0.1) is 5.92 Å². The van der Waals surface area contributed by atoms with E-state index >= 15 is 0 Å². The van der Waals surface area contributed by atoms with E-state index in [4.69, 9.17) is 0 Å². The number of hydrogen-bond donors (Lipinski definition) is 1. The number of likely N-dealkylation sites (tertiary alicyclic amines) is 1. The van der Waals surface area contributed by atoms with Crippen molar-refractivity contribution in [1.29, 1.82) is 0 Å². The molecule has 1 saturated carbocycles. The maximum absolute atomic E-state index is 12.3. The average Bonchev–Trinajstić information content (AvgIpc) is 2.86. The maximum atomic E-state index is 12.3. The van der Waals surface area contributed by atoms with Crippen molar-refractivity contribution in [2.75, 3.05) is 0 Å². The van der Waals surface area contributed by atoms with Gasteiger partial charge in [-0.05, 0) is 42.9 Å². The first-order valence-corrected chi connectivity index (χ1v) is 8.07. The van der Waals surface area contributed by atoms with Crippen LogP contribution in [-0.2, 0) is 11.3 Å². The second-order valence-electron chi connectivity index (χ2n) is 6.40. The molecule has 2 fully saturated rings. The van der Waals surface area contributed by atoms with E-state index in [1.165, 1.54) is 12.5 Å². The van der Waals surface area contributed by atoms with Crippen LogP contribution in [0.15, 0.2) is 24.3 Å². The summed E-state index contributed by atoms with van der Waals surface area (Å²) in [6.07, 6.45) is 5.08. The van der Waals surface area contributed by atoms with Crippen LogP contribution in [0.3, 0.4) is 0 Å². The molecule has 3 atom stereocenters. The monoisotopic (exact) mass is 325 g/mol. The lowest BCUT2D eigenvalue weighted by Crippen LogP contribution is -2.41. The number of hydrogen-bond acceptors (Lipinski definition) is 3. The van der Waals surface area contributed by atoms with E-state index in [0.29, 0.717) is 18.9 Å². The summed E-state index contributed by atoms with van der Waals surface area (Å²) in [4.78, 5) is 13.6. The minimum absolute atomic E-state index is 0.115. The second kappa shape index (κ2) is 6.83. The summed E-state index contributed by atoms with van der Waals surface area (Å²) < 4.78 is 29.1. The third-order valence-corrected chi connectivity index (χ3v) is 5.00. The fraction of sp³-hybridized carbons (Fsp3) is 0.588. The summed E-state index contributed by atoms with van der Waals surface area (Å²) >= 11 is 0. The summed E-state index contributed by atoms with van der Waals surface area (Å²) in [6, 6.07) is 6.34. The van der Waals surface area contributed by atoms with Crippen LogP contribution in [0.1, 0.15) is 37.7 Å². The number of rotatable bonds is 5.